The molecule has 0 spiro atoms. The van der Waals surface area contributed by atoms with Crippen LogP contribution in [0.3, 0.4) is 0 Å². The van der Waals surface area contributed by atoms with Gasteiger partial charge in [0.15, 0.2) is 0 Å². The Bertz CT molecular complexity index is 395. The normalized spacial score (nSPS) is 19.6. The molecule has 0 saturated carbocycles. The number of amides is 1. The first-order valence-corrected chi connectivity index (χ1v) is 6.35. The molecule has 0 aliphatic carbocycles. The molecule has 0 aromatic carbocycles. The Balaban J connectivity index is 1.96. The second-order valence-electron chi connectivity index (χ2n) is 4.02. The van der Waals surface area contributed by atoms with Crippen molar-refractivity contribution < 1.29 is 9.53 Å². The summed E-state index contributed by atoms with van der Waals surface area (Å²) in [6.45, 7) is 2.24. The van der Waals surface area contributed by atoms with Crippen molar-refractivity contribution in [1.82, 2.24) is 15.1 Å². The lowest BCUT2D eigenvalue weighted by Crippen LogP contribution is -2.29. The molecule has 17 heavy (non-hydrogen) atoms. The zero-order chi connectivity index (χ0) is 12.3. The van der Waals surface area contributed by atoms with Gasteiger partial charge in [-0.15, -0.1) is 10.2 Å². The van der Waals surface area contributed by atoms with Crippen LogP contribution in [-0.4, -0.2) is 54.9 Å². The van der Waals surface area contributed by atoms with Gasteiger partial charge in [0.05, 0.1) is 6.61 Å². The van der Waals surface area contributed by atoms with Crippen molar-refractivity contribution in [1.29, 1.82) is 0 Å². The van der Waals surface area contributed by atoms with Gasteiger partial charge in [-0.05, 0) is 6.42 Å². The number of methoxy groups -OCH3 is 1. The van der Waals surface area contributed by atoms with Crippen LogP contribution in [0.1, 0.15) is 16.2 Å². The summed E-state index contributed by atoms with van der Waals surface area (Å²) in [5, 5.41) is 11.7. The Labute approximate surface area is 104 Å². The van der Waals surface area contributed by atoms with E-state index in [-0.39, 0.29) is 5.91 Å². The smallest absolute Gasteiger partial charge is 0.284 e. The average Bonchev–Trinajstić information content (AvgIpc) is 2.97. The standard InChI is InChI=1S/C10H16N4O2S/c1-11-10-13-12-8(17-10)9(15)14-4-3-7(5-14)6-16-2/h7H,3-6H2,1-2H3,(H,11,13). The number of carbonyl (C=O) groups excluding carboxylic acids is 1. The van der Waals surface area contributed by atoms with Crippen LogP contribution >= 0.6 is 11.3 Å². The fourth-order valence-electron chi connectivity index (χ4n) is 1.93. The number of anilines is 1. The fraction of sp³-hybridized carbons (Fsp3) is 0.700. The third-order valence-corrected chi connectivity index (χ3v) is 3.73. The number of hydrogen-bond donors (Lipinski definition) is 1. The molecule has 6 nitrogen and oxygen atoms in total. The molecule has 1 aromatic heterocycles. The van der Waals surface area contributed by atoms with E-state index in [1.165, 1.54) is 11.3 Å². The maximum atomic E-state index is 12.1. The summed E-state index contributed by atoms with van der Waals surface area (Å²) in [6, 6.07) is 0. The van der Waals surface area contributed by atoms with Gasteiger partial charge in [0.1, 0.15) is 0 Å². The van der Waals surface area contributed by atoms with E-state index in [9.17, 15) is 4.79 Å². The third-order valence-electron chi connectivity index (χ3n) is 2.80. The minimum atomic E-state index is -0.0254. The SMILES string of the molecule is CNc1nnc(C(=O)N2CCC(COC)C2)s1. The number of aromatic nitrogens is 2. The summed E-state index contributed by atoms with van der Waals surface area (Å²) in [6.07, 6.45) is 0.997. The summed E-state index contributed by atoms with van der Waals surface area (Å²) in [5.41, 5.74) is 0. The topological polar surface area (TPSA) is 67.4 Å². The minimum Gasteiger partial charge on any atom is -0.384 e. The summed E-state index contributed by atoms with van der Waals surface area (Å²) in [7, 11) is 3.45. The molecule has 1 unspecified atom stereocenters. The Kier molecular flexibility index (Phi) is 3.90. The lowest BCUT2D eigenvalue weighted by Gasteiger charge is -2.14. The van der Waals surface area contributed by atoms with E-state index in [1.54, 1.807) is 14.2 Å². The fourth-order valence-corrected chi connectivity index (χ4v) is 2.60. The summed E-state index contributed by atoms with van der Waals surface area (Å²) in [4.78, 5) is 13.9. The van der Waals surface area contributed by atoms with Crippen LogP contribution in [-0.2, 0) is 4.74 Å². The minimum absolute atomic E-state index is 0.0254. The second-order valence-corrected chi connectivity index (χ2v) is 5.00. The largest absolute Gasteiger partial charge is 0.384 e. The molecular formula is C10H16N4O2S. The van der Waals surface area contributed by atoms with Gasteiger partial charge in [0.2, 0.25) is 10.1 Å². The second kappa shape index (κ2) is 5.42. The van der Waals surface area contributed by atoms with Gasteiger partial charge in [0, 0.05) is 33.2 Å². The van der Waals surface area contributed by atoms with E-state index in [4.69, 9.17) is 4.74 Å². The highest BCUT2D eigenvalue weighted by Crippen LogP contribution is 2.21. The van der Waals surface area contributed by atoms with E-state index in [1.807, 2.05) is 4.90 Å². The number of carbonyl (C=O) groups is 1. The summed E-state index contributed by atoms with van der Waals surface area (Å²) >= 11 is 1.29. The zero-order valence-corrected chi connectivity index (χ0v) is 10.8. The molecule has 1 amide bonds. The van der Waals surface area contributed by atoms with Crippen LogP contribution in [0.4, 0.5) is 5.13 Å². The highest BCUT2D eigenvalue weighted by atomic mass is 32.1. The predicted octanol–water partition coefficient (Wildman–Crippen LogP) is 0.688. The summed E-state index contributed by atoms with van der Waals surface area (Å²) in [5.74, 6) is 0.420. The van der Waals surface area contributed by atoms with Crippen molar-refractivity contribution in [2.24, 2.45) is 5.92 Å². The first-order valence-electron chi connectivity index (χ1n) is 5.54. The molecule has 2 heterocycles. The average molecular weight is 256 g/mol. The van der Waals surface area contributed by atoms with E-state index >= 15 is 0 Å². The lowest BCUT2D eigenvalue weighted by atomic mass is 10.1. The molecule has 0 radical (unpaired) electrons. The quantitative estimate of drug-likeness (QED) is 0.858. The maximum Gasteiger partial charge on any atom is 0.284 e. The number of hydrogen-bond acceptors (Lipinski definition) is 6. The third kappa shape index (κ3) is 2.73. The summed E-state index contributed by atoms with van der Waals surface area (Å²) < 4.78 is 5.11. The molecule has 1 fully saturated rings. The highest BCUT2D eigenvalue weighted by Gasteiger charge is 2.28. The van der Waals surface area contributed by atoms with Gasteiger partial charge in [-0.1, -0.05) is 11.3 Å². The monoisotopic (exact) mass is 256 g/mol. The van der Waals surface area contributed by atoms with E-state index in [0.717, 1.165) is 19.5 Å². The maximum absolute atomic E-state index is 12.1. The molecule has 1 aliphatic rings. The van der Waals surface area contributed by atoms with E-state index in [2.05, 4.69) is 15.5 Å². The first kappa shape index (κ1) is 12.3. The molecule has 0 bridgehead atoms. The molecule has 1 atom stereocenters. The molecule has 1 aliphatic heterocycles. The first-order chi connectivity index (χ1) is 8.24. The Morgan fingerprint density at radius 3 is 3.12 bits per heavy atom. The predicted molar refractivity (Wildman–Crippen MR) is 65.3 cm³/mol. The van der Waals surface area contributed by atoms with Gasteiger partial charge < -0.3 is 15.0 Å². The van der Waals surface area contributed by atoms with Crippen molar-refractivity contribution in [3.05, 3.63) is 5.01 Å². The Morgan fingerprint density at radius 1 is 1.65 bits per heavy atom. The van der Waals surface area contributed by atoms with Gasteiger partial charge >= 0.3 is 0 Å². The van der Waals surface area contributed by atoms with Gasteiger partial charge in [-0.25, -0.2) is 0 Å². The van der Waals surface area contributed by atoms with Crippen LogP contribution < -0.4 is 5.32 Å². The molecule has 94 valence electrons. The van der Waals surface area contributed by atoms with Crippen molar-refractivity contribution in [3.63, 3.8) is 0 Å². The molecule has 1 aromatic rings. The lowest BCUT2D eigenvalue weighted by molar-refractivity contribution is 0.0774. The molecule has 2 rings (SSSR count). The van der Waals surface area contributed by atoms with Gasteiger partial charge in [0.25, 0.3) is 5.91 Å². The number of likely N-dealkylation sites (tertiary alicyclic amines) is 1. The zero-order valence-electron chi connectivity index (χ0n) is 9.97. The molecule has 1 saturated heterocycles. The number of nitrogens with one attached hydrogen (secondary N) is 1. The number of rotatable bonds is 4. The molecule has 7 heteroatoms. The van der Waals surface area contributed by atoms with Crippen LogP contribution in [0.2, 0.25) is 0 Å². The van der Waals surface area contributed by atoms with E-state index in [0.29, 0.717) is 22.7 Å². The molecular weight excluding hydrogens is 240 g/mol. The van der Waals surface area contributed by atoms with Crippen LogP contribution in [0.5, 0.6) is 0 Å². The Morgan fingerprint density at radius 2 is 2.47 bits per heavy atom. The van der Waals surface area contributed by atoms with Crippen molar-refractivity contribution >= 4 is 22.4 Å². The van der Waals surface area contributed by atoms with Crippen LogP contribution in [0.25, 0.3) is 0 Å². The van der Waals surface area contributed by atoms with E-state index < -0.39 is 0 Å². The highest BCUT2D eigenvalue weighted by molar-refractivity contribution is 7.17. The number of nitrogens with zero attached hydrogens (tertiary/aromatic N) is 3. The van der Waals surface area contributed by atoms with Gasteiger partial charge in [-0.3, -0.25) is 4.79 Å². The van der Waals surface area contributed by atoms with Crippen LogP contribution in [0, 0.1) is 5.92 Å². The van der Waals surface area contributed by atoms with Crippen molar-refractivity contribution in [2.45, 2.75) is 6.42 Å². The van der Waals surface area contributed by atoms with Crippen LogP contribution in [0.15, 0.2) is 0 Å². The Hall–Kier alpha value is -1.21. The van der Waals surface area contributed by atoms with Crippen molar-refractivity contribution in [2.75, 3.05) is 39.2 Å². The molecule has 1 N–H and O–H groups in total. The van der Waals surface area contributed by atoms with Gasteiger partial charge in [-0.2, -0.15) is 0 Å². The van der Waals surface area contributed by atoms with Crippen molar-refractivity contribution in [3.8, 4) is 0 Å². The number of ether oxygens (including phenoxy) is 1.